The number of carbonyl (C=O) groups is 2. The van der Waals surface area contributed by atoms with Gasteiger partial charge in [-0.1, -0.05) is 36.8 Å². The van der Waals surface area contributed by atoms with E-state index in [4.69, 9.17) is 4.74 Å². The number of hydrogen-bond acceptors (Lipinski definition) is 5. The molecule has 0 unspecified atom stereocenters. The quantitative estimate of drug-likeness (QED) is 0.652. The van der Waals surface area contributed by atoms with Gasteiger partial charge < -0.3 is 14.5 Å². The highest BCUT2D eigenvalue weighted by Crippen LogP contribution is 2.37. The minimum Gasteiger partial charge on any atom is -0.494 e. The molecule has 0 radical (unpaired) electrons. The SMILES string of the molecule is CCCOc1ccc(C2=C(N3CCN(C)CC3)C(=O)N(c3ccc(C)cc3C)C2=O)cc1. The van der Waals surface area contributed by atoms with Crippen molar-refractivity contribution in [1.82, 2.24) is 9.80 Å². The van der Waals surface area contributed by atoms with Crippen LogP contribution in [-0.2, 0) is 9.59 Å². The van der Waals surface area contributed by atoms with Gasteiger partial charge in [-0.3, -0.25) is 9.59 Å². The number of rotatable bonds is 6. The van der Waals surface area contributed by atoms with Crippen molar-refractivity contribution in [1.29, 1.82) is 0 Å². The molecule has 1 saturated heterocycles. The maximum absolute atomic E-state index is 13.7. The molecule has 1 fully saturated rings. The zero-order valence-electron chi connectivity index (χ0n) is 19.4. The van der Waals surface area contributed by atoms with Crippen molar-refractivity contribution in [3.63, 3.8) is 0 Å². The molecule has 2 heterocycles. The van der Waals surface area contributed by atoms with E-state index in [1.807, 2.05) is 56.3 Å². The first kappa shape index (κ1) is 22.1. The summed E-state index contributed by atoms with van der Waals surface area (Å²) in [6.07, 6.45) is 0.929. The Morgan fingerprint density at radius 1 is 0.906 bits per heavy atom. The number of anilines is 1. The first-order chi connectivity index (χ1) is 15.4. The Labute approximate surface area is 190 Å². The Bertz CT molecular complexity index is 1050. The Kier molecular flexibility index (Phi) is 6.33. The third-order valence-electron chi connectivity index (χ3n) is 6.09. The van der Waals surface area contributed by atoms with Crippen LogP contribution in [0.2, 0.25) is 0 Å². The number of hydrogen-bond donors (Lipinski definition) is 0. The Morgan fingerprint density at radius 3 is 2.22 bits per heavy atom. The maximum atomic E-state index is 13.7. The lowest BCUT2D eigenvalue weighted by atomic mass is 10.0. The summed E-state index contributed by atoms with van der Waals surface area (Å²) in [4.78, 5) is 33.1. The first-order valence-electron chi connectivity index (χ1n) is 11.3. The van der Waals surface area contributed by atoms with Gasteiger partial charge in [-0.05, 0) is 56.6 Å². The molecule has 2 aromatic carbocycles. The highest BCUT2D eigenvalue weighted by atomic mass is 16.5. The highest BCUT2D eigenvalue weighted by molar-refractivity contribution is 6.45. The highest BCUT2D eigenvalue weighted by Gasteiger charge is 2.43. The fourth-order valence-electron chi connectivity index (χ4n) is 4.31. The lowest BCUT2D eigenvalue weighted by Gasteiger charge is -2.34. The van der Waals surface area contributed by atoms with Gasteiger partial charge in [0.2, 0.25) is 0 Å². The van der Waals surface area contributed by atoms with Crippen molar-refractivity contribution in [2.75, 3.05) is 44.7 Å². The predicted octanol–water partition coefficient (Wildman–Crippen LogP) is 3.62. The molecule has 4 rings (SSSR count). The molecule has 2 aliphatic heterocycles. The molecular formula is C26H31N3O3. The summed E-state index contributed by atoms with van der Waals surface area (Å²) in [5.74, 6) is 0.256. The second kappa shape index (κ2) is 9.17. The van der Waals surface area contributed by atoms with Gasteiger partial charge in [0, 0.05) is 26.2 Å². The number of amides is 2. The third-order valence-corrected chi connectivity index (χ3v) is 6.09. The van der Waals surface area contributed by atoms with Crippen molar-refractivity contribution < 1.29 is 14.3 Å². The fraction of sp³-hybridized carbons (Fsp3) is 0.385. The second-order valence-electron chi connectivity index (χ2n) is 8.62. The van der Waals surface area contributed by atoms with E-state index in [-0.39, 0.29) is 11.8 Å². The van der Waals surface area contributed by atoms with E-state index < -0.39 is 0 Å². The van der Waals surface area contributed by atoms with Crippen LogP contribution < -0.4 is 9.64 Å². The number of imide groups is 1. The van der Waals surface area contributed by atoms with E-state index in [0.29, 0.717) is 36.7 Å². The molecule has 0 spiro atoms. The number of piperazine rings is 1. The zero-order valence-corrected chi connectivity index (χ0v) is 19.4. The summed E-state index contributed by atoms with van der Waals surface area (Å²) < 4.78 is 5.70. The van der Waals surface area contributed by atoms with Crippen molar-refractivity contribution in [3.8, 4) is 5.75 Å². The molecule has 2 aromatic rings. The zero-order chi connectivity index (χ0) is 22.8. The van der Waals surface area contributed by atoms with E-state index >= 15 is 0 Å². The molecule has 168 valence electrons. The smallest absolute Gasteiger partial charge is 0.282 e. The van der Waals surface area contributed by atoms with Crippen LogP contribution in [0.4, 0.5) is 5.69 Å². The summed E-state index contributed by atoms with van der Waals surface area (Å²) in [5.41, 5.74) is 4.38. The molecule has 6 heteroatoms. The minimum atomic E-state index is -0.266. The molecule has 0 N–H and O–H groups in total. The number of carbonyl (C=O) groups excluding carboxylic acids is 2. The van der Waals surface area contributed by atoms with Crippen LogP contribution in [0, 0.1) is 13.8 Å². The minimum absolute atomic E-state index is 0.243. The van der Waals surface area contributed by atoms with E-state index in [1.165, 1.54) is 4.90 Å². The lowest BCUT2D eigenvalue weighted by Crippen LogP contribution is -2.46. The van der Waals surface area contributed by atoms with Crippen molar-refractivity contribution in [3.05, 3.63) is 64.9 Å². The van der Waals surface area contributed by atoms with E-state index in [1.54, 1.807) is 0 Å². The van der Waals surface area contributed by atoms with Gasteiger partial charge in [0.05, 0.1) is 17.9 Å². The van der Waals surface area contributed by atoms with Gasteiger partial charge >= 0.3 is 0 Å². The Hall–Kier alpha value is -3.12. The molecular weight excluding hydrogens is 402 g/mol. The molecule has 0 bridgehead atoms. The standard InChI is InChI=1S/C26H31N3O3/c1-5-16-32-21-9-7-20(8-10-21)23-24(28-14-12-27(4)13-15-28)26(31)29(25(23)30)22-11-6-18(2)17-19(22)3/h6-11,17H,5,12-16H2,1-4H3. The molecule has 2 aliphatic rings. The van der Waals surface area contributed by atoms with Crippen LogP contribution in [-0.4, -0.2) is 61.4 Å². The molecule has 0 aliphatic carbocycles. The monoisotopic (exact) mass is 433 g/mol. The molecule has 0 saturated carbocycles. The second-order valence-corrected chi connectivity index (χ2v) is 8.62. The third kappa shape index (κ3) is 4.15. The topological polar surface area (TPSA) is 53.1 Å². The van der Waals surface area contributed by atoms with Crippen LogP contribution in [0.15, 0.2) is 48.2 Å². The largest absolute Gasteiger partial charge is 0.494 e. The Morgan fingerprint density at radius 2 is 1.59 bits per heavy atom. The summed E-state index contributed by atoms with van der Waals surface area (Å²) in [7, 11) is 2.07. The van der Waals surface area contributed by atoms with Crippen molar-refractivity contribution in [2.24, 2.45) is 0 Å². The van der Waals surface area contributed by atoms with Crippen molar-refractivity contribution >= 4 is 23.1 Å². The van der Waals surface area contributed by atoms with Crippen LogP contribution in [0.25, 0.3) is 5.57 Å². The molecule has 32 heavy (non-hydrogen) atoms. The number of aryl methyl sites for hydroxylation is 2. The van der Waals surface area contributed by atoms with E-state index in [9.17, 15) is 9.59 Å². The van der Waals surface area contributed by atoms with Crippen LogP contribution in [0.3, 0.4) is 0 Å². The Balaban J connectivity index is 1.76. The van der Waals surface area contributed by atoms with Crippen molar-refractivity contribution in [2.45, 2.75) is 27.2 Å². The fourth-order valence-corrected chi connectivity index (χ4v) is 4.31. The normalized spacial score (nSPS) is 17.5. The number of ether oxygens (including phenoxy) is 1. The molecule has 0 aromatic heterocycles. The van der Waals surface area contributed by atoms with E-state index in [2.05, 4.69) is 23.8 Å². The van der Waals surface area contributed by atoms with Gasteiger partial charge in [0.15, 0.2) is 0 Å². The summed E-state index contributed by atoms with van der Waals surface area (Å²) in [5, 5.41) is 0. The summed E-state index contributed by atoms with van der Waals surface area (Å²) in [6.45, 7) is 9.79. The number of nitrogens with zero attached hydrogens (tertiary/aromatic N) is 3. The van der Waals surface area contributed by atoms with Gasteiger partial charge in [-0.15, -0.1) is 0 Å². The van der Waals surface area contributed by atoms with Crippen LogP contribution in [0.5, 0.6) is 5.75 Å². The first-order valence-corrected chi connectivity index (χ1v) is 11.3. The molecule has 0 atom stereocenters. The maximum Gasteiger partial charge on any atom is 0.282 e. The summed E-state index contributed by atoms with van der Waals surface area (Å²) in [6, 6.07) is 13.3. The van der Waals surface area contributed by atoms with Gasteiger partial charge in [-0.2, -0.15) is 0 Å². The predicted molar refractivity (Wildman–Crippen MR) is 127 cm³/mol. The average Bonchev–Trinajstić information content (AvgIpc) is 3.03. The lowest BCUT2D eigenvalue weighted by molar-refractivity contribution is -0.120. The molecule has 6 nitrogen and oxygen atoms in total. The number of benzene rings is 2. The van der Waals surface area contributed by atoms with Gasteiger partial charge in [0.25, 0.3) is 11.8 Å². The van der Waals surface area contributed by atoms with E-state index in [0.717, 1.165) is 42.0 Å². The summed E-state index contributed by atoms with van der Waals surface area (Å²) >= 11 is 0. The van der Waals surface area contributed by atoms with Gasteiger partial charge in [-0.25, -0.2) is 4.90 Å². The average molecular weight is 434 g/mol. The van der Waals surface area contributed by atoms with Gasteiger partial charge in [0.1, 0.15) is 11.4 Å². The van der Waals surface area contributed by atoms with Crippen LogP contribution in [0.1, 0.15) is 30.0 Å². The number of likely N-dealkylation sites (N-methyl/N-ethyl adjacent to an activating group) is 1. The molecule has 2 amide bonds. The van der Waals surface area contributed by atoms with Crippen LogP contribution >= 0.6 is 0 Å².